The molecule has 0 radical (unpaired) electrons. The number of thioether (sulfide) groups is 1. The Balaban J connectivity index is 0.958. The van der Waals surface area contributed by atoms with Crippen molar-refractivity contribution in [1.82, 2.24) is 10.2 Å². The zero-order valence-corrected chi connectivity index (χ0v) is 36.2. The van der Waals surface area contributed by atoms with Crippen LogP contribution in [-0.4, -0.2) is 90.4 Å². The van der Waals surface area contributed by atoms with Crippen LogP contribution in [0, 0.1) is 10.8 Å². The number of ether oxygens (including phenoxy) is 2. The molecule has 2 amide bonds. The van der Waals surface area contributed by atoms with Gasteiger partial charge in [0.1, 0.15) is 29.2 Å². The van der Waals surface area contributed by atoms with Crippen molar-refractivity contribution in [1.29, 1.82) is 10.8 Å². The highest BCUT2D eigenvalue weighted by molar-refractivity contribution is 8.00. The Morgan fingerprint density at radius 3 is 2.51 bits per heavy atom. The summed E-state index contributed by atoms with van der Waals surface area (Å²) in [7, 11) is -0.00219. The SMILES string of the molecule is COc1ccc2c(c1)C(c1ccc(Cl)cc1)=N[C@@H](CC(=O)NCc1ccc3c(c1)C1(CCN(C(=O)c4cc(-c5cccc(B(O)O)c5)c(SC)s4)CC1)CO3)C(=N)N2C(C)=N. The molecular weight excluding hydrogens is 831 g/mol. The number of amidine groups is 2. The number of nitrogens with one attached hydrogen (secondary N) is 3. The zero-order chi connectivity index (χ0) is 43.0. The molecule has 12 nitrogen and oxygen atoms in total. The van der Waals surface area contributed by atoms with Gasteiger partial charge in [-0.1, -0.05) is 54.1 Å². The van der Waals surface area contributed by atoms with Crippen LogP contribution in [-0.2, 0) is 16.8 Å². The molecule has 16 heteroatoms. The number of methoxy groups -OCH3 is 1. The van der Waals surface area contributed by atoms with Crippen LogP contribution in [0.25, 0.3) is 11.1 Å². The molecule has 8 rings (SSSR count). The predicted octanol–water partition coefficient (Wildman–Crippen LogP) is 6.75. The number of piperidine rings is 1. The first kappa shape index (κ1) is 42.3. The van der Waals surface area contributed by atoms with Gasteiger partial charge in [-0.3, -0.25) is 30.3 Å². The summed E-state index contributed by atoms with van der Waals surface area (Å²) in [5, 5.41) is 40.9. The van der Waals surface area contributed by atoms with Gasteiger partial charge < -0.3 is 29.7 Å². The number of fused-ring (bicyclic) bond motifs is 3. The van der Waals surface area contributed by atoms with E-state index in [9.17, 15) is 25.0 Å². The molecule has 5 aromatic rings. The number of benzodiazepines with no additional fused rings is 1. The molecule has 0 saturated carbocycles. The van der Waals surface area contributed by atoms with Crippen molar-refractivity contribution in [3.05, 3.63) is 123 Å². The lowest BCUT2D eigenvalue weighted by Crippen LogP contribution is -2.45. The van der Waals surface area contributed by atoms with Crippen molar-refractivity contribution in [2.24, 2.45) is 4.99 Å². The molecular formula is C45H44BClN6O6S2. The highest BCUT2D eigenvalue weighted by atomic mass is 35.5. The maximum Gasteiger partial charge on any atom is 0.488 e. The molecule has 3 aliphatic heterocycles. The van der Waals surface area contributed by atoms with E-state index in [1.807, 2.05) is 53.6 Å². The second-order valence-electron chi connectivity index (χ2n) is 15.4. The number of amides is 2. The van der Waals surface area contributed by atoms with Gasteiger partial charge in [0, 0.05) is 52.3 Å². The van der Waals surface area contributed by atoms with E-state index < -0.39 is 13.2 Å². The Bertz CT molecular complexity index is 2570. The average molecular weight is 875 g/mol. The van der Waals surface area contributed by atoms with E-state index in [4.69, 9.17) is 31.5 Å². The van der Waals surface area contributed by atoms with Crippen LogP contribution in [0.15, 0.2) is 100 Å². The van der Waals surface area contributed by atoms with E-state index in [1.165, 1.54) is 16.2 Å². The number of likely N-dealkylation sites (tertiary alicyclic amines) is 1. The fourth-order valence-electron chi connectivity index (χ4n) is 8.31. The molecule has 3 aliphatic rings. The number of carbonyl (C=O) groups excluding carboxylic acids is 2. The number of benzene rings is 4. The summed E-state index contributed by atoms with van der Waals surface area (Å²) < 4.78 is 12.7. The normalized spacial score (nSPS) is 16.6. The van der Waals surface area contributed by atoms with E-state index in [-0.39, 0.29) is 41.9 Å². The number of hydrogen-bond acceptors (Lipinski definition) is 11. The molecule has 5 N–H and O–H groups in total. The monoisotopic (exact) mass is 874 g/mol. The molecule has 1 aromatic heterocycles. The highest BCUT2D eigenvalue weighted by Gasteiger charge is 2.44. The van der Waals surface area contributed by atoms with Gasteiger partial charge in [-0.15, -0.1) is 23.1 Å². The number of nitrogens with zero attached hydrogens (tertiary/aromatic N) is 3. The number of anilines is 1. The van der Waals surface area contributed by atoms with Gasteiger partial charge in [0.05, 0.1) is 40.6 Å². The second kappa shape index (κ2) is 17.5. The van der Waals surface area contributed by atoms with Crippen molar-refractivity contribution in [2.45, 2.75) is 48.4 Å². The Hall–Kier alpha value is -5.45. The lowest BCUT2D eigenvalue weighted by molar-refractivity contribution is -0.121. The van der Waals surface area contributed by atoms with Gasteiger partial charge >= 0.3 is 7.12 Å². The number of rotatable bonds is 10. The zero-order valence-electron chi connectivity index (χ0n) is 33.8. The fourth-order valence-corrected chi connectivity index (χ4v) is 10.3. The van der Waals surface area contributed by atoms with Crippen molar-refractivity contribution in [2.75, 3.05) is 38.0 Å². The van der Waals surface area contributed by atoms with Gasteiger partial charge in [-0.25, -0.2) is 0 Å². The van der Waals surface area contributed by atoms with E-state index in [0.29, 0.717) is 57.8 Å². The van der Waals surface area contributed by atoms with Gasteiger partial charge in [0.2, 0.25) is 5.91 Å². The number of halogens is 1. The maximum atomic E-state index is 13.9. The maximum absolute atomic E-state index is 13.9. The summed E-state index contributed by atoms with van der Waals surface area (Å²) in [6, 6.07) is 26.7. The molecule has 1 fully saturated rings. The third kappa shape index (κ3) is 8.45. The van der Waals surface area contributed by atoms with Gasteiger partial charge in [-0.05, 0) is 91.1 Å². The standard InChI is InChI=1S/C45H44BClN6O6S2/c1-26(48)53-37-13-12-32(58-2)21-34(37)41(28-8-10-31(47)11-9-28)51-36(42(53)49)23-40(54)50-24-27-7-14-38-35(19-27)45(25-59-38)15-17-52(18-16-45)43(55)39-22-33(44(60-3)61-39)29-5-4-6-30(20-29)46(56)57/h4-14,19-22,36,48-49,56-57H,15-18,23-25H2,1-3H3,(H,50,54)/t36-/m0/s1. The van der Waals surface area contributed by atoms with E-state index in [2.05, 4.69) is 11.4 Å². The first-order valence-corrected chi connectivity index (χ1v) is 22.2. The highest BCUT2D eigenvalue weighted by Crippen LogP contribution is 2.47. The van der Waals surface area contributed by atoms with Crippen molar-refractivity contribution >= 4 is 82.2 Å². The van der Waals surface area contributed by atoms with Crippen molar-refractivity contribution in [3.63, 3.8) is 0 Å². The summed E-state index contributed by atoms with van der Waals surface area (Å²) in [5.41, 5.74) is 6.40. The average Bonchev–Trinajstić information content (AvgIpc) is 3.83. The van der Waals surface area contributed by atoms with Crippen LogP contribution >= 0.6 is 34.7 Å². The van der Waals surface area contributed by atoms with E-state index in [0.717, 1.165) is 50.6 Å². The largest absolute Gasteiger partial charge is 0.497 e. The van der Waals surface area contributed by atoms with Crippen LogP contribution in [0.1, 0.15) is 58.1 Å². The Morgan fingerprint density at radius 2 is 1.80 bits per heavy atom. The van der Waals surface area contributed by atoms with Gasteiger partial charge in [0.25, 0.3) is 5.91 Å². The number of carbonyl (C=O) groups is 2. The predicted molar refractivity (Wildman–Crippen MR) is 244 cm³/mol. The Labute approximate surface area is 367 Å². The summed E-state index contributed by atoms with van der Waals surface area (Å²) in [6.07, 6.45) is 3.30. The minimum atomic E-state index is -1.58. The molecule has 0 bridgehead atoms. The second-order valence-corrected chi connectivity index (χ2v) is 17.9. The van der Waals surface area contributed by atoms with Crippen LogP contribution < -0.4 is 25.2 Å². The smallest absolute Gasteiger partial charge is 0.488 e. The van der Waals surface area contributed by atoms with E-state index >= 15 is 0 Å². The first-order valence-electron chi connectivity index (χ1n) is 19.8. The molecule has 1 spiro atoms. The van der Waals surface area contributed by atoms with Gasteiger partial charge in [-0.2, -0.15) is 0 Å². The molecule has 1 atom stereocenters. The van der Waals surface area contributed by atoms with Crippen LogP contribution in [0.2, 0.25) is 5.02 Å². The first-order chi connectivity index (χ1) is 29.4. The molecule has 4 aromatic carbocycles. The summed E-state index contributed by atoms with van der Waals surface area (Å²) in [4.78, 5) is 36.7. The molecule has 312 valence electrons. The van der Waals surface area contributed by atoms with Crippen LogP contribution in [0.3, 0.4) is 0 Å². The number of hydrogen-bond donors (Lipinski definition) is 5. The Morgan fingerprint density at radius 1 is 1.03 bits per heavy atom. The van der Waals surface area contributed by atoms with E-state index in [1.54, 1.807) is 68.3 Å². The van der Waals surface area contributed by atoms with Crippen LogP contribution in [0.4, 0.5) is 5.69 Å². The minimum Gasteiger partial charge on any atom is -0.497 e. The number of aliphatic imine (C=N–C) groups is 1. The lowest BCUT2D eigenvalue weighted by Gasteiger charge is -2.38. The van der Waals surface area contributed by atoms with Crippen molar-refractivity contribution in [3.8, 4) is 22.6 Å². The lowest BCUT2D eigenvalue weighted by atomic mass is 9.74. The molecule has 1 saturated heterocycles. The summed E-state index contributed by atoms with van der Waals surface area (Å²) in [5.74, 6) is 1.22. The molecule has 4 heterocycles. The van der Waals surface area contributed by atoms with Gasteiger partial charge in [0.15, 0.2) is 0 Å². The summed E-state index contributed by atoms with van der Waals surface area (Å²) in [6.45, 7) is 3.50. The van der Waals surface area contributed by atoms with Crippen LogP contribution in [0.5, 0.6) is 11.5 Å². The molecule has 0 unspecified atom stereocenters. The Kier molecular flexibility index (Phi) is 12.1. The minimum absolute atomic E-state index is 0.0114. The topological polar surface area (TPSA) is 172 Å². The summed E-state index contributed by atoms with van der Waals surface area (Å²) >= 11 is 9.25. The number of thiophene rings is 1. The molecule has 0 aliphatic carbocycles. The fraction of sp³-hybridized carbons (Fsp3) is 0.267. The third-order valence-electron chi connectivity index (χ3n) is 11.6. The van der Waals surface area contributed by atoms with Crippen molar-refractivity contribution < 1.29 is 29.1 Å². The quantitative estimate of drug-likeness (QED) is 0.0444. The molecule has 61 heavy (non-hydrogen) atoms. The third-order valence-corrected chi connectivity index (χ3v) is 14.1.